The van der Waals surface area contributed by atoms with Gasteiger partial charge in [-0.25, -0.2) is 13.6 Å². The number of carbonyl (C=O) groups is 1. The van der Waals surface area contributed by atoms with Crippen LogP contribution in [0.1, 0.15) is 12.5 Å². The maximum atomic E-state index is 11.3. The molecular weight excluding hydrogens is 228 g/mol. The average Bonchev–Trinajstić information content (AvgIpc) is 2.58. The van der Waals surface area contributed by atoms with Crippen LogP contribution in [0.4, 0.5) is 5.69 Å². The molecule has 0 atom stereocenters. The monoisotopic (exact) mass is 240 g/mol. The molecule has 0 saturated carbocycles. The highest BCUT2D eigenvalue weighted by Crippen LogP contribution is 2.30. The minimum Gasteiger partial charge on any atom is -0.312 e. The van der Waals surface area contributed by atoms with Gasteiger partial charge >= 0.3 is 0 Å². The van der Waals surface area contributed by atoms with Crippen molar-refractivity contribution in [2.45, 2.75) is 18.2 Å². The van der Waals surface area contributed by atoms with Gasteiger partial charge in [0.2, 0.25) is 15.9 Å². The van der Waals surface area contributed by atoms with Crippen molar-refractivity contribution in [3.05, 3.63) is 23.8 Å². The van der Waals surface area contributed by atoms with Crippen molar-refractivity contribution in [1.29, 1.82) is 0 Å². The summed E-state index contributed by atoms with van der Waals surface area (Å²) in [7, 11) is -3.71. The molecule has 0 aromatic heterocycles. The fourth-order valence-corrected chi connectivity index (χ4v) is 2.40. The summed E-state index contributed by atoms with van der Waals surface area (Å²) in [6.45, 7) is 2.05. The lowest BCUT2D eigenvalue weighted by Crippen LogP contribution is -2.26. The van der Waals surface area contributed by atoms with E-state index in [9.17, 15) is 13.2 Å². The van der Waals surface area contributed by atoms with E-state index >= 15 is 0 Å². The van der Waals surface area contributed by atoms with Crippen LogP contribution in [-0.2, 0) is 21.2 Å². The smallest absolute Gasteiger partial charge is 0.238 e. The van der Waals surface area contributed by atoms with Crippen LogP contribution in [-0.4, -0.2) is 20.9 Å². The zero-order chi connectivity index (χ0) is 11.9. The lowest BCUT2D eigenvalue weighted by atomic mass is 10.2. The molecule has 86 valence electrons. The SMILES string of the molecule is CC(=O)N1CCc2ccc(S(N)(=O)=O)cc21. The number of rotatable bonds is 1. The van der Waals surface area contributed by atoms with Gasteiger partial charge < -0.3 is 4.90 Å². The molecule has 16 heavy (non-hydrogen) atoms. The van der Waals surface area contributed by atoms with Crippen LogP contribution in [0.15, 0.2) is 23.1 Å². The topological polar surface area (TPSA) is 80.5 Å². The number of carbonyl (C=O) groups excluding carboxylic acids is 1. The molecule has 1 aliphatic rings. The van der Waals surface area contributed by atoms with Crippen molar-refractivity contribution >= 4 is 21.6 Å². The van der Waals surface area contributed by atoms with Crippen LogP contribution in [0, 0.1) is 0 Å². The average molecular weight is 240 g/mol. The van der Waals surface area contributed by atoms with E-state index < -0.39 is 10.0 Å². The van der Waals surface area contributed by atoms with Gasteiger partial charge in [-0.3, -0.25) is 4.79 Å². The third-order valence-corrected chi connectivity index (χ3v) is 3.57. The van der Waals surface area contributed by atoms with E-state index in [4.69, 9.17) is 5.14 Å². The molecule has 1 aromatic carbocycles. The summed E-state index contributed by atoms with van der Waals surface area (Å²) < 4.78 is 22.4. The molecule has 6 heteroatoms. The van der Waals surface area contributed by atoms with E-state index in [1.807, 2.05) is 0 Å². The van der Waals surface area contributed by atoms with Crippen LogP contribution in [0.25, 0.3) is 0 Å². The van der Waals surface area contributed by atoms with Gasteiger partial charge in [0.05, 0.1) is 4.90 Å². The second-order valence-corrected chi connectivity index (χ2v) is 5.32. The molecular formula is C10H12N2O3S. The third kappa shape index (κ3) is 1.81. The Hall–Kier alpha value is -1.40. The van der Waals surface area contributed by atoms with Crippen LogP contribution >= 0.6 is 0 Å². The number of nitrogens with two attached hydrogens (primary N) is 1. The number of sulfonamides is 1. The fraction of sp³-hybridized carbons (Fsp3) is 0.300. The summed E-state index contributed by atoms with van der Waals surface area (Å²) >= 11 is 0. The van der Waals surface area contributed by atoms with Crippen LogP contribution in [0.3, 0.4) is 0 Å². The minimum atomic E-state index is -3.71. The van der Waals surface area contributed by atoms with Gasteiger partial charge in [-0.05, 0) is 24.1 Å². The molecule has 1 aliphatic heterocycles. The van der Waals surface area contributed by atoms with Gasteiger partial charge in [-0.2, -0.15) is 0 Å². The molecule has 0 unspecified atom stereocenters. The van der Waals surface area contributed by atoms with E-state index in [0.29, 0.717) is 12.2 Å². The molecule has 0 bridgehead atoms. The van der Waals surface area contributed by atoms with E-state index in [2.05, 4.69) is 0 Å². The number of fused-ring (bicyclic) bond motifs is 1. The maximum absolute atomic E-state index is 11.3. The van der Waals surface area contributed by atoms with Crippen molar-refractivity contribution in [3.8, 4) is 0 Å². The van der Waals surface area contributed by atoms with Crippen molar-refractivity contribution in [2.75, 3.05) is 11.4 Å². The zero-order valence-corrected chi connectivity index (χ0v) is 9.62. The van der Waals surface area contributed by atoms with Gasteiger partial charge in [0.25, 0.3) is 0 Å². The standard InChI is InChI=1S/C10H12N2O3S/c1-7(13)12-5-4-8-2-3-9(6-10(8)12)16(11,14)15/h2-3,6H,4-5H2,1H3,(H2,11,14,15). The minimum absolute atomic E-state index is 0.0411. The summed E-state index contributed by atoms with van der Waals surface area (Å²) in [5.74, 6) is -0.0923. The van der Waals surface area contributed by atoms with Crippen molar-refractivity contribution in [2.24, 2.45) is 5.14 Å². The summed E-state index contributed by atoms with van der Waals surface area (Å²) in [6, 6.07) is 4.63. The molecule has 0 fully saturated rings. The lowest BCUT2D eigenvalue weighted by Gasteiger charge is -2.15. The largest absolute Gasteiger partial charge is 0.312 e. The Balaban J connectivity index is 2.54. The highest BCUT2D eigenvalue weighted by molar-refractivity contribution is 7.89. The lowest BCUT2D eigenvalue weighted by molar-refractivity contribution is -0.116. The second-order valence-electron chi connectivity index (χ2n) is 3.76. The Morgan fingerprint density at radius 2 is 2.12 bits per heavy atom. The number of primary sulfonamides is 1. The maximum Gasteiger partial charge on any atom is 0.238 e. The Morgan fingerprint density at radius 3 is 2.69 bits per heavy atom. The van der Waals surface area contributed by atoms with Crippen LogP contribution in [0.2, 0.25) is 0 Å². The van der Waals surface area contributed by atoms with Gasteiger partial charge in [-0.1, -0.05) is 6.07 Å². The molecule has 1 aromatic rings. The van der Waals surface area contributed by atoms with E-state index in [1.165, 1.54) is 19.1 Å². The van der Waals surface area contributed by atoms with Crippen LogP contribution < -0.4 is 10.0 Å². The first-order valence-corrected chi connectivity index (χ1v) is 6.38. The molecule has 0 radical (unpaired) electrons. The molecule has 2 rings (SSSR count). The van der Waals surface area contributed by atoms with Gasteiger partial charge in [0.1, 0.15) is 0 Å². The number of amides is 1. The van der Waals surface area contributed by atoms with Crippen molar-refractivity contribution in [1.82, 2.24) is 0 Å². The summed E-state index contributed by atoms with van der Waals surface area (Å²) in [4.78, 5) is 12.9. The molecule has 0 spiro atoms. The number of nitrogens with zero attached hydrogens (tertiary/aromatic N) is 1. The van der Waals surface area contributed by atoms with E-state index in [1.54, 1.807) is 11.0 Å². The Morgan fingerprint density at radius 1 is 1.44 bits per heavy atom. The molecule has 0 aliphatic carbocycles. The highest BCUT2D eigenvalue weighted by atomic mass is 32.2. The van der Waals surface area contributed by atoms with Gasteiger partial charge in [-0.15, -0.1) is 0 Å². The number of hydrogen-bond donors (Lipinski definition) is 1. The molecule has 1 amide bonds. The Kier molecular flexibility index (Phi) is 2.47. The fourth-order valence-electron chi connectivity index (χ4n) is 1.86. The summed E-state index contributed by atoms with van der Waals surface area (Å²) in [6.07, 6.45) is 0.750. The van der Waals surface area contributed by atoms with Crippen molar-refractivity contribution in [3.63, 3.8) is 0 Å². The van der Waals surface area contributed by atoms with E-state index in [-0.39, 0.29) is 10.8 Å². The first-order valence-electron chi connectivity index (χ1n) is 4.83. The number of benzene rings is 1. The second kappa shape index (κ2) is 3.57. The molecule has 1 heterocycles. The zero-order valence-electron chi connectivity index (χ0n) is 8.80. The van der Waals surface area contributed by atoms with Gasteiger partial charge in [0, 0.05) is 19.2 Å². The van der Waals surface area contributed by atoms with Crippen LogP contribution in [0.5, 0.6) is 0 Å². The molecule has 0 saturated heterocycles. The van der Waals surface area contributed by atoms with Gasteiger partial charge in [0.15, 0.2) is 0 Å². The quantitative estimate of drug-likeness (QED) is 0.763. The summed E-state index contributed by atoms with van der Waals surface area (Å²) in [5.41, 5.74) is 1.63. The predicted octanol–water partition coefficient (Wildman–Crippen LogP) is 0.243. The molecule has 5 nitrogen and oxygen atoms in total. The first kappa shape index (κ1) is 11.1. The number of hydrogen-bond acceptors (Lipinski definition) is 3. The molecule has 2 N–H and O–H groups in total. The summed E-state index contributed by atoms with van der Waals surface area (Å²) in [5, 5.41) is 5.04. The highest BCUT2D eigenvalue weighted by Gasteiger charge is 2.23. The predicted molar refractivity (Wildman–Crippen MR) is 59.5 cm³/mol. The normalized spacial score (nSPS) is 15.0. The third-order valence-electron chi connectivity index (χ3n) is 2.66. The Labute approximate surface area is 93.9 Å². The first-order chi connectivity index (χ1) is 7.39. The number of anilines is 1. The Bertz CT molecular complexity index is 551. The van der Waals surface area contributed by atoms with Crippen molar-refractivity contribution < 1.29 is 13.2 Å². The van der Waals surface area contributed by atoms with E-state index in [0.717, 1.165) is 12.0 Å².